The van der Waals surface area contributed by atoms with Gasteiger partial charge in [0.2, 0.25) is 0 Å². The van der Waals surface area contributed by atoms with Gasteiger partial charge < -0.3 is 4.74 Å². The van der Waals surface area contributed by atoms with Crippen molar-refractivity contribution in [3.8, 4) is 0 Å². The van der Waals surface area contributed by atoms with Crippen LogP contribution < -0.4 is 4.84 Å². The number of rotatable bonds is 1. The number of amides is 1. The predicted octanol–water partition coefficient (Wildman–Crippen LogP) is 0.241. The highest BCUT2D eigenvalue weighted by atomic mass is 35.5. The van der Waals surface area contributed by atoms with Gasteiger partial charge in [0.15, 0.2) is 0 Å². The summed E-state index contributed by atoms with van der Waals surface area (Å²) in [7, 11) is 0. The molecule has 4 nitrogen and oxygen atoms in total. The molecule has 6 heteroatoms. The van der Waals surface area contributed by atoms with Gasteiger partial charge in [-0.1, -0.05) is 0 Å². The minimum atomic E-state index is -0.965. The fraction of sp³-hybridized carbons (Fsp3) is 0.500. The molecule has 0 aromatic rings. The normalized spacial score (nSPS) is 7.40. The summed E-state index contributed by atoms with van der Waals surface area (Å²) < 4.78 is 4.26. The van der Waals surface area contributed by atoms with Gasteiger partial charge >= 0.3 is 11.9 Å². The summed E-state index contributed by atoms with van der Waals surface area (Å²) in [5.41, 5.74) is 0. The van der Waals surface area contributed by atoms with E-state index in [9.17, 15) is 9.59 Å². The second-order valence-electron chi connectivity index (χ2n) is 1.14. The molecule has 0 heterocycles. The Morgan fingerprint density at radius 3 is 2.40 bits per heavy atom. The summed E-state index contributed by atoms with van der Waals surface area (Å²) in [4.78, 5) is 22.0. The molecule has 0 unspecified atom stereocenters. The van der Waals surface area contributed by atoms with Gasteiger partial charge in [0, 0.05) is 11.8 Å². The SMILES string of the molecule is CCOC(=O)C(=O)NCl.Cl. The predicted molar refractivity (Wildman–Crippen MR) is 37.9 cm³/mol. The Morgan fingerprint density at radius 1 is 1.60 bits per heavy atom. The summed E-state index contributed by atoms with van der Waals surface area (Å²) in [6.45, 7) is 1.77. The van der Waals surface area contributed by atoms with Crippen LogP contribution in [0.1, 0.15) is 6.92 Å². The highest BCUT2D eigenvalue weighted by Gasteiger charge is 2.11. The first-order chi connectivity index (χ1) is 4.22. The molecule has 0 rings (SSSR count). The van der Waals surface area contributed by atoms with Crippen molar-refractivity contribution in [2.24, 2.45) is 0 Å². The standard InChI is InChI=1S/C4H6ClNO3.ClH/c1-2-9-4(8)3(7)6-5;/h2H2,1H3,(H,6,7);1H. The molecule has 1 N–H and O–H groups in total. The number of carbonyl (C=O) groups is 2. The molecule has 0 saturated heterocycles. The monoisotopic (exact) mass is 187 g/mol. The van der Waals surface area contributed by atoms with Crippen molar-refractivity contribution in [1.29, 1.82) is 0 Å². The molecule has 0 aliphatic rings. The van der Waals surface area contributed by atoms with Gasteiger partial charge in [-0.3, -0.25) is 9.63 Å². The van der Waals surface area contributed by atoms with E-state index in [2.05, 4.69) is 4.74 Å². The first-order valence-electron chi connectivity index (χ1n) is 2.30. The molecule has 1 amide bonds. The van der Waals surface area contributed by atoms with E-state index >= 15 is 0 Å². The van der Waals surface area contributed by atoms with Crippen LogP contribution in [0.3, 0.4) is 0 Å². The third kappa shape index (κ3) is 4.40. The summed E-state index contributed by atoms with van der Waals surface area (Å²) >= 11 is 4.78. The number of nitrogens with one attached hydrogen (secondary N) is 1. The van der Waals surface area contributed by atoms with E-state index in [1.54, 1.807) is 11.8 Å². The Bertz CT molecular complexity index is 128. The largest absolute Gasteiger partial charge is 0.459 e. The zero-order valence-electron chi connectivity index (χ0n) is 5.22. The lowest BCUT2D eigenvalue weighted by molar-refractivity contribution is -0.153. The van der Waals surface area contributed by atoms with Crippen molar-refractivity contribution in [3.63, 3.8) is 0 Å². The molecule has 10 heavy (non-hydrogen) atoms. The van der Waals surface area contributed by atoms with Crippen LogP contribution in [0.4, 0.5) is 0 Å². The van der Waals surface area contributed by atoms with Crippen molar-refractivity contribution < 1.29 is 14.3 Å². The molecule has 0 aliphatic carbocycles. The molecule has 0 fully saturated rings. The minimum Gasteiger partial charge on any atom is -0.459 e. The van der Waals surface area contributed by atoms with E-state index in [-0.39, 0.29) is 19.0 Å². The van der Waals surface area contributed by atoms with Gasteiger partial charge in [-0.2, -0.15) is 0 Å². The van der Waals surface area contributed by atoms with Crippen LogP contribution in [0.25, 0.3) is 0 Å². The lowest BCUT2D eigenvalue weighted by Crippen LogP contribution is -2.25. The van der Waals surface area contributed by atoms with E-state index < -0.39 is 11.9 Å². The molecule has 0 spiro atoms. The molecule has 0 atom stereocenters. The zero-order valence-corrected chi connectivity index (χ0v) is 6.79. The van der Waals surface area contributed by atoms with Gasteiger partial charge in [0.1, 0.15) is 0 Å². The van der Waals surface area contributed by atoms with Crippen LogP contribution in [-0.2, 0) is 14.3 Å². The Hall–Kier alpha value is -0.480. The average Bonchev–Trinajstić information content (AvgIpc) is 1.87. The van der Waals surface area contributed by atoms with Gasteiger partial charge in [-0.05, 0) is 6.92 Å². The maximum atomic E-state index is 10.3. The van der Waals surface area contributed by atoms with E-state index in [4.69, 9.17) is 11.8 Å². The van der Waals surface area contributed by atoms with Crippen LogP contribution in [0.5, 0.6) is 0 Å². The third-order valence-corrected chi connectivity index (χ3v) is 0.718. The van der Waals surface area contributed by atoms with Gasteiger partial charge in [-0.25, -0.2) is 4.79 Å². The average molecular weight is 188 g/mol. The molecular weight excluding hydrogens is 181 g/mol. The maximum absolute atomic E-state index is 10.3. The van der Waals surface area contributed by atoms with Crippen LogP contribution in [0.15, 0.2) is 0 Å². The topological polar surface area (TPSA) is 55.4 Å². The minimum absolute atomic E-state index is 0. The lowest BCUT2D eigenvalue weighted by Gasteiger charge is -1.95. The Morgan fingerprint density at radius 2 is 2.10 bits per heavy atom. The summed E-state index contributed by atoms with van der Waals surface area (Å²) in [6.07, 6.45) is 0. The van der Waals surface area contributed by atoms with Crippen LogP contribution >= 0.6 is 24.2 Å². The molecule has 0 bridgehead atoms. The van der Waals surface area contributed by atoms with Crippen molar-refractivity contribution in [1.82, 2.24) is 4.84 Å². The molecular formula is C4H7Cl2NO3. The molecule has 60 valence electrons. The third-order valence-electron chi connectivity index (χ3n) is 0.547. The van der Waals surface area contributed by atoms with Crippen molar-refractivity contribution in [3.05, 3.63) is 0 Å². The summed E-state index contributed by atoms with van der Waals surface area (Å²) in [5.74, 6) is -1.91. The highest BCUT2D eigenvalue weighted by molar-refractivity contribution is 6.40. The fourth-order valence-corrected chi connectivity index (χ4v) is 0.312. The number of carbonyl (C=O) groups excluding carboxylic acids is 2. The number of hydrogen-bond donors (Lipinski definition) is 1. The van der Waals surface area contributed by atoms with E-state index in [1.807, 2.05) is 0 Å². The first kappa shape index (κ1) is 12.2. The Labute approximate surface area is 69.4 Å². The zero-order chi connectivity index (χ0) is 7.28. The highest BCUT2D eigenvalue weighted by Crippen LogP contribution is 1.77. The first-order valence-corrected chi connectivity index (χ1v) is 2.68. The van der Waals surface area contributed by atoms with E-state index in [1.165, 1.54) is 0 Å². The number of ether oxygens (including phenoxy) is 1. The van der Waals surface area contributed by atoms with E-state index in [0.29, 0.717) is 0 Å². The second-order valence-corrected chi connectivity index (χ2v) is 1.33. The Kier molecular flexibility index (Phi) is 8.11. The van der Waals surface area contributed by atoms with Crippen molar-refractivity contribution in [2.75, 3.05) is 6.61 Å². The maximum Gasteiger partial charge on any atom is 0.398 e. The van der Waals surface area contributed by atoms with Gasteiger partial charge in [0.05, 0.1) is 6.61 Å². The van der Waals surface area contributed by atoms with Crippen molar-refractivity contribution >= 4 is 36.1 Å². The summed E-state index contributed by atoms with van der Waals surface area (Å²) in [5, 5.41) is 0. The van der Waals surface area contributed by atoms with Gasteiger partial charge in [0.25, 0.3) is 0 Å². The van der Waals surface area contributed by atoms with Gasteiger partial charge in [-0.15, -0.1) is 12.4 Å². The van der Waals surface area contributed by atoms with Crippen LogP contribution in [0, 0.1) is 0 Å². The number of hydrogen-bond acceptors (Lipinski definition) is 3. The molecule has 0 radical (unpaired) electrons. The quantitative estimate of drug-likeness (QED) is 0.364. The lowest BCUT2D eigenvalue weighted by atomic mass is 10.6. The number of esters is 1. The Balaban J connectivity index is 0. The van der Waals surface area contributed by atoms with Crippen LogP contribution in [-0.4, -0.2) is 18.5 Å². The molecule has 0 aromatic carbocycles. The molecule has 0 aromatic heterocycles. The molecule has 0 aliphatic heterocycles. The van der Waals surface area contributed by atoms with Crippen LogP contribution in [0.2, 0.25) is 0 Å². The smallest absolute Gasteiger partial charge is 0.398 e. The molecule has 0 saturated carbocycles. The second kappa shape index (κ2) is 6.64. The van der Waals surface area contributed by atoms with Crippen molar-refractivity contribution in [2.45, 2.75) is 6.92 Å². The fourth-order valence-electron chi connectivity index (χ4n) is 0.235. The van der Waals surface area contributed by atoms with E-state index in [0.717, 1.165) is 0 Å². The summed E-state index contributed by atoms with van der Waals surface area (Å²) in [6, 6.07) is 0. The number of halogens is 2.